The summed E-state index contributed by atoms with van der Waals surface area (Å²) in [7, 11) is 0. The normalized spacial score (nSPS) is 9.90. The van der Waals surface area contributed by atoms with Gasteiger partial charge in [-0.1, -0.05) is 11.6 Å². The van der Waals surface area contributed by atoms with E-state index in [-0.39, 0.29) is 11.7 Å². The molecule has 0 atom stereocenters. The molecule has 54 valence electrons. The van der Waals surface area contributed by atoms with Crippen LogP contribution >= 0.6 is 11.6 Å². The summed E-state index contributed by atoms with van der Waals surface area (Å²) in [5, 5.41) is -0.114. The van der Waals surface area contributed by atoms with Crippen LogP contribution in [0.15, 0.2) is 12.3 Å². The Kier molecular flexibility index (Phi) is 2.19. The van der Waals surface area contributed by atoms with Crippen LogP contribution in [0.25, 0.3) is 0 Å². The van der Waals surface area contributed by atoms with Gasteiger partial charge >= 0.3 is 0 Å². The third-order valence-electron chi connectivity index (χ3n) is 1.09. The quantitative estimate of drug-likeness (QED) is 0.630. The molecule has 0 unspecified atom stereocenters. The highest BCUT2D eigenvalue weighted by Crippen LogP contribution is 2.10. The third kappa shape index (κ3) is 1.43. The van der Waals surface area contributed by atoms with Crippen molar-refractivity contribution < 1.29 is 4.39 Å². The van der Waals surface area contributed by atoms with Gasteiger partial charge in [-0.25, -0.2) is 9.37 Å². The van der Waals surface area contributed by atoms with E-state index in [9.17, 15) is 4.39 Å². The van der Waals surface area contributed by atoms with Gasteiger partial charge in [-0.05, 0) is 11.6 Å². The molecule has 0 bridgehead atoms. The summed E-state index contributed by atoms with van der Waals surface area (Å²) in [6.07, 6.45) is 1.45. The Hall–Kier alpha value is -0.670. The smallest absolute Gasteiger partial charge is 0.164 e. The molecule has 0 radical (unpaired) electrons. The summed E-state index contributed by atoms with van der Waals surface area (Å²) in [6, 6.07) is 1.27. The number of pyridine rings is 1. The van der Waals surface area contributed by atoms with E-state index >= 15 is 0 Å². The van der Waals surface area contributed by atoms with E-state index < -0.39 is 5.82 Å². The number of nitrogens with zero attached hydrogens (tertiary/aromatic N) is 1. The van der Waals surface area contributed by atoms with E-state index in [0.29, 0.717) is 5.56 Å². The van der Waals surface area contributed by atoms with Crippen LogP contribution in [0.5, 0.6) is 0 Å². The van der Waals surface area contributed by atoms with Crippen LogP contribution in [0.1, 0.15) is 5.56 Å². The minimum absolute atomic E-state index is 0.114. The van der Waals surface area contributed by atoms with Crippen LogP contribution in [0.4, 0.5) is 4.39 Å². The van der Waals surface area contributed by atoms with Crippen LogP contribution in [0.2, 0.25) is 5.15 Å². The zero-order valence-corrected chi connectivity index (χ0v) is 5.90. The Morgan fingerprint density at radius 1 is 1.70 bits per heavy atom. The van der Waals surface area contributed by atoms with Crippen molar-refractivity contribution >= 4 is 11.6 Å². The second-order valence-corrected chi connectivity index (χ2v) is 2.18. The molecule has 0 saturated carbocycles. The van der Waals surface area contributed by atoms with Gasteiger partial charge in [-0.2, -0.15) is 0 Å². The summed E-state index contributed by atoms with van der Waals surface area (Å²) in [5.41, 5.74) is 5.86. The van der Waals surface area contributed by atoms with Crippen molar-refractivity contribution in [2.45, 2.75) is 6.54 Å². The molecule has 4 heteroatoms. The molecular formula is C6H6ClFN2. The van der Waals surface area contributed by atoms with Gasteiger partial charge in [0.1, 0.15) is 0 Å². The maximum absolute atomic E-state index is 12.5. The number of nitrogens with two attached hydrogens (primary N) is 1. The van der Waals surface area contributed by atoms with Crippen LogP contribution in [0.3, 0.4) is 0 Å². The zero-order chi connectivity index (χ0) is 7.56. The highest BCUT2D eigenvalue weighted by molar-refractivity contribution is 6.29. The molecule has 2 N–H and O–H groups in total. The Balaban J connectivity index is 3.04. The second kappa shape index (κ2) is 2.94. The predicted octanol–water partition coefficient (Wildman–Crippen LogP) is 1.33. The SMILES string of the molecule is NCc1cnc(Cl)c(F)c1. The second-order valence-electron chi connectivity index (χ2n) is 1.82. The van der Waals surface area contributed by atoms with Gasteiger partial charge in [-0.15, -0.1) is 0 Å². The Morgan fingerprint density at radius 3 is 2.90 bits per heavy atom. The van der Waals surface area contributed by atoms with E-state index in [1.807, 2.05) is 0 Å². The molecule has 0 fully saturated rings. The molecule has 1 rings (SSSR count). The first-order chi connectivity index (χ1) is 4.74. The van der Waals surface area contributed by atoms with Crippen molar-refractivity contribution in [2.75, 3.05) is 0 Å². The Morgan fingerprint density at radius 2 is 2.40 bits per heavy atom. The van der Waals surface area contributed by atoms with Crippen molar-refractivity contribution in [1.82, 2.24) is 4.98 Å². The molecular weight excluding hydrogens is 155 g/mol. The zero-order valence-electron chi connectivity index (χ0n) is 5.14. The summed E-state index contributed by atoms with van der Waals surface area (Å²) >= 11 is 5.31. The fourth-order valence-electron chi connectivity index (χ4n) is 0.572. The summed E-state index contributed by atoms with van der Waals surface area (Å²) < 4.78 is 12.5. The monoisotopic (exact) mass is 160 g/mol. The van der Waals surface area contributed by atoms with Gasteiger partial charge in [0, 0.05) is 12.7 Å². The van der Waals surface area contributed by atoms with Gasteiger partial charge in [0.2, 0.25) is 0 Å². The van der Waals surface area contributed by atoms with Crippen molar-refractivity contribution in [2.24, 2.45) is 5.73 Å². The molecule has 0 aliphatic carbocycles. The van der Waals surface area contributed by atoms with E-state index in [4.69, 9.17) is 17.3 Å². The van der Waals surface area contributed by atoms with Crippen molar-refractivity contribution in [3.05, 3.63) is 28.8 Å². The van der Waals surface area contributed by atoms with Gasteiger partial charge < -0.3 is 5.73 Å². The maximum Gasteiger partial charge on any atom is 0.164 e. The predicted molar refractivity (Wildman–Crippen MR) is 37.1 cm³/mol. The molecule has 0 spiro atoms. The lowest BCUT2D eigenvalue weighted by molar-refractivity contribution is 0.619. The third-order valence-corrected chi connectivity index (χ3v) is 1.37. The fourth-order valence-corrected chi connectivity index (χ4v) is 0.676. The van der Waals surface area contributed by atoms with E-state index in [2.05, 4.69) is 4.98 Å². The standard InChI is InChI=1S/C6H6ClFN2/c7-6-5(8)1-4(2-9)3-10-6/h1,3H,2,9H2. The molecule has 2 nitrogen and oxygen atoms in total. The van der Waals surface area contributed by atoms with Crippen LogP contribution in [-0.4, -0.2) is 4.98 Å². The minimum Gasteiger partial charge on any atom is -0.326 e. The largest absolute Gasteiger partial charge is 0.326 e. The number of hydrogen-bond donors (Lipinski definition) is 1. The number of hydrogen-bond acceptors (Lipinski definition) is 2. The van der Waals surface area contributed by atoms with Crippen LogP contribution < -0.4 is 5.73 Å². The first-order valence-electron chi connectivity index (χ1n) is 2.74. The molecule has 0 aliphatic rings. The first kappa shape index (κ1) is 7.44. The average molecular weight is 161 g/mol. The maximum atomic E-state index is 12.5. The van der Waals surface area contributed by atoms with E-state index in [0.717, 1.165) is 0 Å². The van der Waals surface area contributed by atoms with Crippen LogP contribution in [0, 0.1) is 5.82 Å². The lowest BCUT2D eigenvalue weighted by atomic mass is 10.3. The molecule has 0 aliphatic heterocycles. The summed E-state index contributed by atoms with van der Waals surface area (Å²) in [4.78, 5) is 3.56. The molecule has 1 aromatic rings. The minimum atomic E-state index is -0.524. The van der Waals surface area contributed by atoms with E-state index in [1.165, 1.54) is 12.3 Å². The average Bonchev–Trinajstić information content (AvgIpc) is 1.95. The summed E-state index contributed by atoms with van der Waals surface area (Å²) in [6.45, 7) is 0.279. The van der Waals surface area contributed by atoms with Crippen molar-refractivity contribution in [3.8, 4) is 0 Å². The van der Waals surface area contributed by atoms with Gasteiger partial charge in [0.05, 0.1) is 0 Å². The molecule has 0 aromatic carbocycles. The van der Waals surface area contributed by atoms with Crippen molar-refractivity contribution in [1.29, 1.82) is 0 Å². The Labute approximate surface area is 62.8 Å². The van der Waals surface area contributed by atoms with Gasteiger partial charge in [-0.3, -0.25) is 0 Å². The fraction of sp³-hybridized carbons (Fsp3) is 0.167. The Bertz CT molecular complexity index is 239. The molecule has 1 heterocycles. The highest BCUT2D eigenvalue weighted by Gasteiger charge is 1.99. The number of halogens is 2. The van der Waals surface area contributed by atoms with E-state index in [1.54, 1.807) is 0 Å². The molecule has 0 amide bonds. The lowest BCUT2D eigenvalue weighted by Crippen LogP contribution is -1.97. The van der Waals surface area contributed by atoms with Crippen molar-refractivity contribution in [3.63, 3.8) is 0 Å². The first-order valence-corrected chi connectivity index (χ1v) is 3.12. The number of aromatic nitrogens is 1. The highest BCUT2D eigenvalue weighted by atomic mass is 35.5. The topological polar surface area (TPSA) is 38.9 Å². The van der Waals surface area contributed by atoms with Gasteiger partial charge in [0.25, 0.3) is 0 Å². The summed E-state index contributed by atoms with van der Waals surface area (Å²) in [5.74, 6) is -0.524. The number of rotatable bonds is 1. The molecule has 0 saturated heterocycles. The van der Waals surface area contributed by atoms with Gasteiger partial charge in [0.15, 0.2) is 11.0 Å². The molecule has 10 heavy (non-hydrogen) atoms. The van der Waals surface area contributed by atoms with Crippen LogP contribution in [-0.2, 0) is 6.54 Å². The molecule has 1 aromatic heterocycles. The lowest BCUT2D eigenvalue weighted by Gasteiger charge is -1.95.